The van der Waals surface area contributed by atoms with Crippen LogP contribution in [0.4, 0.5) is 4.79 Å². The van der Waals surface area contributed by atoms with E-state index in [0.29, 0.717) is 18.1 Å². The number of benzene rings is 1. The summed E-state index contributed by atoms with van der Waals surface area (Å²) in [6.07, 6.45) is 1.93. The number of hydrogen-bond donors (Lipinski definition) is 0. The van der Waals surface area contributed by atoms with Gasteiger partial charge < -0.3 is 14.2 Å². The van der Waals surface area contributed by atoms with Crippen LogP contribution in [0.25, 0.3) is 0 Å². The Morgan fingerprint density at radius 2 is 1.69 bits per heavy atom. The molecule has 0 saturated carbocycles. The monoisotopic (exact) mass is 442 g/mol. The number of likely N-dealkylation sites (N-methyl/N-ethyl adjacent to an activating group) is 1. The number of rotatable bonds is 4. The zero-order valence-electron chi connectivity index (χ0n) is 18.8. The molecule has 1 aromatic carbocycles. The minimum absolute atomic E-state index is 0.280. The van der Waals surface area contributed by atoms with Gasteiger partial charge in [-0.1, -0.05) is 23.7 Å². The predicted molar refractivity (Wildman–Crippen MR) is 121 cm³/mol. The standard InChI is InChI=1S/C22H35ClN2O3S/c1-20(2,3)28-19(26)25-14-12-22(13-15-25,24(7)29(27)21(4,5)6)16-17-8-10-18(23)11-9-17/h8-11H,12-16H2,1-7H3. The lowest BCUT2D eigenvalue weighted by atomic mass is 9.82. The highest BCUT2D eigenvalue weighted by Gasteiger charge is 2.47. The molecule has 0 N–H and O–H groups in total. The lowest BCUT2D eigenvalue weighted by Gasteiger charge is -2.48. The summed E-state index contributed by atoms with van der Waals surface area (Å²) in [4.78, 5) is 14.3. The van der Waals surface area contributed by atoms with Crippen molar-refractivity contribution < 1.29 is 14.1 Å². The number of piperidine rings is 1. The van der Waals surface area contributed by atoms with Crippen LogP contribution >= 0.6 is 11.6 Å². The molecule has 5 nitrogen and oxygen atoms in total. The van der Waals surface area contributed by atoms with Gasteiger partial charge in [0.15, 0.2) is 0 Å². The maximum Gasteiger partial charge on any atom is 0.410 e. The van der Waals surface area contributed by atoms with E-state index in [4.69, 9.17) is 16.3 Å². The summed E-state index contributed by atoms with van der Waals surface area (Å²) >= 11 is 4.89. The van der Waals surface area contributed by atoms with Crippen LogP contribution < -0.4 is 0 Å². The van der Waals surface area contributed by atoms with Crippen molar-refractivity contribution in [1.82, 2.24) is 9.21 Å². The molecular weight excluding hydrogens is 408 g/mol. The smallest absolute Gasteiger partial charge is 0.410 e. The summed E-state index contributed by atoms with van der Waals surface area (Å²) in [5, 5.41) is 0.703. The van der Waals surface area contributed by atoms with Gasteiger partial charge in [0, 0.05) is 36.5 Å². The number of carbonyl (C=O) groups excluding carboxylic acids is 1. The first kappa shape index (κ1) is 24.3. The van der Waals surface area contributed by atoms with Gasteiger partial charge in [-0.25, -0.2) is 4.79 Å². The Morgan fingerprint density at radius 1 is 1.17 bits per heavy atom. The van der Waals surface area contributed by atoms with Crippen molar-refractivity contribution in [3.8, 4) is 0 Å². The Labute approximate surface area is 184 Å². The number of halogens is 1. The zero-order chi connectivity index (χ0) is 22.0. The second kappa shape index (κ2) is 9.04. The van der Waals surface area contributed by atoms with Crippen LogP contribution in [-0.2, 0) is 22.5 Å². The van der Waals surface area contributed by atoms with Crippen molar-refractivity contribution in [2.75, 3.05) is 20.1 Å². The van der Waals surface area contributed by atoms with Crippen molar-refractivity contribution in [1.29, 1.82) is 0 Å². The van der Waals surface area contributed by atoms with Gasteiger partial charge in [0.05, 0.1) is 5.54 Å². The fourth-order valence-electron chi connectivity index (χ4n) is 3.60. The first-order valence-electron chi connectivity index (χ1n) is 10.1. The van der Waals surface area contributed by atoms with Gasteiger partial charge in [-0.2, -0.15) is 0 Å². The molecule has 0 radical (unpaired) electrons. The molecule has 2 rings (SSSR count). The lowest BCUT2D eigenvalue weighted by Crippen LogP contribution is -2.60. The third-order valence-corrected chi connectivity index (χ3v) is 7.42. The molecule has 164 valence electrons. The maximum absolute atomic E-state index is 13.2. The molecule has 1 aliphatic heterocycles. The third-order valence-electron chi connectivity index (χ3n) is 5.23. The Balaban J connectivity index is 2.23. The molecule has 1 atom stereocenters. The lowest BCUT2D eigenvalue weighted by molar-refractivity contribution is 0.00935. The first-order valence-corrected chi connectivity index (χ1v) is 11.6. The van der Waals surface area contributed by atoms with Gasteiger partial charge in [-0.05, 0) is 78.5 Å². The quantitative estimate of drug-likeness (QED) is 0.612. The molecule has 1 aromatic rings. The Kier molecular flexibility index (Phi) is 7.59. The molecule has 1 heterocycles. The Bertz CT molecular complexity index is 689. The fourth-order valence-corrected chi connectivity index (χ4v) is 5.15. The molecule has 0 aliphatic carbocycles. The highest BCUT2D eigenvalue weighted by molar-refractivity contribution is 7.90. The molecule has 1 amide bonds. The summed E-state index contributed by atoms with van der Waals surface area (Å²) in [5.41, 5.74) is 0.335. The highest BCUT2D eigenvalue weighted by Crippen LogP contribution is 2.37. The number of amides is 1. The van der Waals surface area contributed by atoms with Gasteiger partial charge in [-0.3, -0.25) is 0 Å². The molecule has 29 heavy (non-hydrogen) atoms. The number of likely N-dealkylation sites (tertiary alicyclic amines) is 1. The molecule has 1 saturated heterocycles. The molecule has 7 heteroatoms. The number of hydrogen-bond acceptors (Lipinski definition) is 4. The molecule has 0 spiro atoms. The van der Waals surface area contributed by atoms with E-state index in [2.05, 4.69) is 0 Å². The van der Waals surface area contributed by atoms with Crippen LogP contribution in [0.5, 0.6) is 0 Å². The van der Waals surface area contributed by atoms with Crippen molar-refractivity contribution in [2.24, 2.45) is 0 Å². The summed E-state index contributed by atoms with van der Waals surface area (Å²) in [6, 6.07) is 7.83. The minimum Gasteiger partial charge on any atom is -0.597 e. The van der Waals surface area contributed by atoms with E-state index in [9.17, 15) is 9.35 Å². The molecule has 0 bridgehead atoms. The second-order valence-corrected chi connectivity index (χ2v) is 12.6. The van der Waals surface area contributed by atoms with Gasteiger partial charge in [0.2, 0.25) is 0 Å². The normalized spacial score (nSPS) is 18.6. The van der Waals surface area contributed by atoms with Gasteiger partial charge in [0.25, 0.3) is 0 Å². The van der Waals surface area contributed by atoms with Crippen LogP contribution in [0.1, 0.15) is 59.9 Å². The molecule has 1 aliphatic rings. The van der Waals surface area contributed by atoms with Crippen LogP contribution in [0.15, 0.2) is 24.3 Å². The second-order valence-electron chi connectivity index (χ2n) is 9.85. The summed E-state index contributed by atoms with van der Waals surface area (Å²) in [7, 11) is 1.94. The first-order chi connectivity index (χ1) is 13.2. The van der Waals surface area contributed by atoms with Crippen molar-refractivity contribution in [3.05, 3.63) is 34.9 Å². The predicted octanol–water partition coefficient (Wildman–Crippen LogP) is 5.05. The van der Waals surface area contributed by atoms with Gasteiger partial charge in [-0.15, -0.1) is 4.31 Å². The van der Waals surface area contributed by atoms with E-state index in [-0.39, 0.29) is 16.4 Å². The fraction of sp³-hybridized carbons (Fsp3) is 0.682. The van der Waals surface area contributed by atoms with Crippen molar-refractivity contribution in [3.63, 3.8) is 0 Å². The van der Waals surface area contributed by atoms with E-state index >= 15 is 0 Å². The van der Waals surface area contributed by atoms with E-state index in [1.807, 2.05) is 77.2 Å². The van der Waals surface area contributed by atoms with Crippen molar-refractivity contribution in [2.45, 2.75) is 76.7 Å². The zero-order valence-corrected chi connectivity index (χ0v) is 20.3. The van der Waals surface area contributed by atoms with E-state index in [1.54, 1.807) is 4.90 Å². The van der Waals surface area contributed by atoms with Gasteiger partial charge in [0.1, 0.15) is 10.3 Å². The van der Waals surface area contributed by atoms with Crippen LogP contribution in [-0.4, -0.2) is 55.9 Å². The summed E-state index contributed by atoms with van der Waals surface area (Å²) in [5.74, 6) is 0. The molecule has 0 aromatic heterocycles. The topological polar surface area (TPSA) is 55.8 Å². The number of ether oxygens (including phenoxy) is 1. The van der Waals surface area contributed by atoms with Gasteiger partial charge >= 0.3 is 6.09 Å². The molecule has 1 unspecified atom stereocenters. The molecular formula is C22H35ClN2O3S. The highest BCUT2D eigenvalue weighted by atomic mass is 35.5. The number of nitrogens with zero attached hydrogens (tertiary/aromatic N) is 2. The van der Waals surface area contributed by atoms with E-state index < -0.39 is 17.0 Å². The average Bonchev–Trinajstić information content (AvgIpc) is 2.60. The third kappa shape index (κ3) is 6.51. The summed E-state index contributed by atoms with van der Waals surface area (Å²) < 4.78 is 20.4. The largest absolute Gasteiger partial charge is 0.597 e. The van der Waals surface area contributed by atoms with Crippen LogP contribution in [0.2, 0.25) is 5.02 Å². The average molecular weight is 443 g/mol. The Morgan fingerprint density at radius 3 is 2.14 bits per heavy atom. The van der Waals surface area contributed by atoms with Crippen LogP contribution in [0, 0.1) is 0 Å². The molecule has 1 fully saturated rings. The van der Waals surface area contributed by atoms with E-state index in [0.717, 1.165) is 24.8 Å². The minimum atomic E-state index is -1.16. The van der Waals surface area contributed by atoms with E-state index in [1.165, 1.54) is 0 Å². The Hall–Kier alpha value is -0.950. The van der Waals surface area contributed by atoms with Crippen LogP contribution in [0.3, 0.4) is 0 Å². The maximum atomic E-state index is 13.2. The van der Waals surface area contributed by atoms with Crippen molar-refractivity contribution >= 4 is 29.1 Å². The summed E-state index contributed by atoms with van der Waals surface area (Å²) in [6.45, 7) is 12.8. The number of carbonyl (C=O) groups is 1. The SMILES string of the molecule is CN([S+]([O-])C(C)(C)C)C1(Cc2ccc(Cl)cc2)CCN(C(=O)OC(C)(C)C)CC1.